The zero-order chi connectivity index (χ0) is 21.1. The summed E-state index contributed by atoms with van der Waals surface area (Å²) >= 11 is 6.21. The van der Waals surface area contributed by atoms with E-state index in [0.29, 0.717) is 23.4 Å². The first-order valence-corrected chi connectivity index (χ1v) is 9.77. The highest BCUT2D eigenvalue weighted by molar-refractivity contribution is 6.50. The molecule has 0 amide bonds. The number of halogens is 1. The average molecular weight is 419 g/mol. The number of hydrogen-bond acceptors (Lipinski definition) is 5. The predicted octanol–water partition coefficient (Wildman–Crippen LogP) is 5.25. The molecule has 0 heterocycles. The number of carbonyl (C=O) groups is 2. The molecule has 4 rings (SSSR count). The summed E-state index contributed by atoms with van der Waals surface area (Å²) in [5.74, 6) is 0.127. The van der Waals surface area contributed by atoms with E-state index in [9.17, 15) is 9.59 Å². The van der Waals surface area contributed by atoms with Crippen LogP contribution in [0.1, 0.15) is 26.3 Å². The maximum Gasteiger partial charge on any atom is 0.211 e. The quantitative estimate of drug-likeness (QED) is 0.572. The Morgan fingerprint density at radius 3 is 2.17 bits per heavy atom. The van der Waals surface area contributed by atoms with Crippen LogP contribution in [0.4, 0.5) is 11.4 Å². The monoisotopic (exact) mass is 418 g/mol. The first-order chi connectivity index (χ1) is 14.6. The van der Waals surface area contributed by atoms with Gasteiger partial charge in [-0.25, -0.2) is 0 Å². The van der Waals surface area contributed by atoms with E-state index >= 15 is 0 Å². The predicted molar refractivity (Wildman–Crippen MR) is 118 cm³/mol. The number of hydrogen-bond donors (Lipinski definition) is 2. The van der Waals surface area contributed by atoms with Gasteiger partial charge in [0.15, 0.2) is 0 Å². The van der Waals surface area contributed by atoms with Crippen LogP contribution in [0, 0.1) is 0 Å². The molecule has 3 aromatic rings. The van der Waals surface area contributed by atoms with Crippen LogP contribution in [0.2, 0.25) is 0 Å². The molecule has 0 unspecified atom stereocenters. The summed E-state index contributed by atoms with van der Waals surface area (Å²) < 4.78 is 5.34. The van der Waals surface area contributed by atoms with Gasteiger partial charge in [0.2, 0.25) is 11.6 Å². The molecule has 1 aliphatic rings. The Morgan fingerprint density at radius 1 is 0.833 bits per heavy atom. The number of nitrogens with one attached hydrogen (secondary N) is 2. The van der Waals surface area contributed by atoms with Crippen molar-refractivity contribution in [3.63, 3.8) is 0 Å². The van der Waals surface area contributed by atoms with Crippen LogP contribution >= 0.6 is 11.6 Å². The van der Waals surface area contributed by atoms with Crippen LogP contribution < -0.4 is 15.4 Å². The summed E-state index contributed by atoms with van der Waals surface area (Å²) in [7, 11) is 1.64. The highest BCUT2D eigenvalue weighted by Gasteiger charge is 2.31. The molecule has 5 nitrogen and oxygen atoms in total. The third kappa shape index (κ3) is 3.80. The van der Waals surface area contributed by atoms with Crippen LogP contribution in [0.5, 0.6) is 5.75 Å². The number of allylic oxidation sites excluding steroid dienone is 2. The lowest BCUT2D eigenvalue weighted by atomic mass is 9.92. The molecule has 0 aromatic heterocycles. The zero-order valence-corrected chi connectivity index (χ0v) is 17.0. The van der Waals surface area contributed by atoms with Gasteiger partial charge in [-0.05, 0) is 29.8 Å². The average Bonchev–Trinajstić information content (AvgIpc) is 2.80. The van der Waals surface area contributed by atoms with E-state index in [2.05, 4.69) is 10.6 Å². The summed E-state index contributed by atoms with van der Waals surface area (Å²) in [4.78, 5) is 25.3. The Morgan fingerprint density at radius 2 is 1.47 bits per heavy atom. The summed E-state index contributed by atoms with van der Waals surface area (Å²) in [5.41, 5.74) is 3.40. The van der Waals surface area contributed by atoms with E-state index in [1.165, 1.54) is 0 Å². The maximum atomic E-state index is 12.8. The van der Waals surface area contributed by atoms with Gasteiger partial charge in [0, 0.05) is 23.4 Å². The zero-order valence-electron chi connectivity index (χ0n) is 16.2. The molecule has 2 N–H and O–H groups in total. The van der Waals surface area contributed by atoms with Crippen molar-refractivity contribution < 1.29 is 14.3 Å². The van der Waals surface area contributed by atoms with E-state index < -0.39 is 0 Å². The number of anilines is 2. The number of para-hydroxylation sites is 2. The highest BCUT2D eigenvalue weighted by Crippen LogP contribution is 2.29. The van der Waals surface area contributed by atoms with Gasteiger partial charge in [0.1, 0.15) is 16.5 Å². The van der Waals surface area contributed by atoms with Crippen LogP contribution in [0.3, 0.4) is 0 Å². The van der Waals surface area contributed by atoms with Crippen molar-refractivity contribution in [2.24, 2.45) is 0 Å². The molecule has 0 atom stereocenters. The number of Topliss-reactive ketones (excluding diaryl/α,β-unsaturated/α-hetero) is 2. The van der Waals surface area contributed by atoms with E-state index in [0.717, 1.165) is 17.0 Å². The maximum absolute atomic E-state index is 12.8. The molecule has 0 bridgehead atoms. The normalized spacial score (nSPS) is 13.1. The summed E-state index contributed by atoms with van der Waals surface area (Å²) in [6.45, 7) is 0.606. The SMILES string of the molecule is COc1ccccc1NCc1ccc(NC2=C(Cl)C(=O)c3ccccc3C2=O)cc1. The fourth-order valence-corrected chi connectivity index (χ4v) is 3.53. The number of rotatable bonds is 6. The number of carbonyl (C=O) groups excluding carboxylic acids is 2. The molecule has 3 aromatic carbocycles. The molecule has 0 radical (unpaired) electrons. The smallest absolute Gasteiger partial charge is 0.211 e. The van der Waals surface area contributed by atoms with Gasteiger partial charge in [0.25, 0.3) is 0 Å². The molecule has 0 spiro atoms. The van der Waals surface area contributed by atoms with Crippen molar-refractivity contribution in [1.82, 2.24) is 0 Å². The minimum absolute atomic E-state index is 0.0967. The van der Waals surface area contributed by atoms with Crippen molar-refractivity contribution in [1.29, 1.82) is 0 Å². The van der Waals surface area contributed by atoms with Gasteiger partial charge in [-0.1, -0.05) is 60.1 Å². The van der Waals surface area contributed by atoms with Gasteiger partial charge in [-0.3, -0.25) is 9.59 Å². The molecule has 1 aliphatic carbocycles. The lowest BCUT2D eigenvalue weighted by molar-refractivity contribution is 0.0982. The molecule has 0 saturated carbocycles. The van der Waals surface area contributed by atoms with Crippen LogP contribution in [0.15, 0.2) is 83.5 Å². The summed E-state index contributed by atoms with van der Waals surface area (Å²) in [6.07, 6.45) is 0. The Labute approximate surface area is 179 Å². The van der Waals surface area contributed by atoms with E-state index in [1.807, 2.05) is 48.5 Å². The Balaban J connectivity index is 1.48. The molecule has 0 saturated heterocycles. The van der Waals surface area contributed by atoms with Gasteiger partial charge in [0.05, 0.1) is 12.8 Å². The molecule has 6 heteroatoms. The summed E-state index contributed by atoms with van der Waals surface area (Å²) in [5, 5.41) is 6.25. The van der Waals surface area contributed by atoms with Crippen molar-refractivity contribution in [3.05, 3.63) is 100 Å². The van der Waals surface area contributed by atoms with Gasteiger partial charge in [-0.15, -0.1) is 0 Å². The van der Waals surface area contributed by atoms with Gasteiger partial charge in [-0.2, -0.15) is 0 Å². The number of benzene rings is 3. The molecule has 0 aliphatic heterocycles. The lowest BCUT2D eigenvalue weighted by Crippen LogP contribution is -2.24. The third-order valence-electron chi connectivity index (χ3n) is 4.88. The third-order valence-corrected chi connectivity index (χ3v) is 5.24. The Bertz CT molecular complexity index is 1150. The lowest BCUT2D eigenvalue weighted by Gasteiger charge is -2.19. The standard InChI is InChI=1S/C24H19ClN2O3/c1-30-20-9-5-4-8-19(20)26-14-15-10-12-16(13-11-15)27-22-21(25)23(28)17-6-2-3-7-18(17)24(22)29/h2-13,26-27H,14H2,1H3. The number of methoxy groups -OCH3 is 1. The first-order valence-electron chi connectivity index (χ1n) is 9.39. The van der Waals surface area contributed by atoms with Crippen molar-refractivity contribution in [3.8, 4) is 5.75 Å². The van der Waals surface area contributed by atoms with E-state index in [1.54, 1.807) is 31.4 Å². The second-order valence-corrected chi connectivity index (χ2v) is 7.15. The Kier molecular flexibility index (Phi) is 5.55. The van der Waals surface area contributed by atoms with Crippen LogP contribution in [-0.2, 0) is 6.54 Å². The second-order valence-electron chi connectivity index (χ2n) is 6.77. The van der Waals surface area contributed by atoms with Crippen molar-refractivity contribution >= 4 is 34.5 Å². The molecule has 30 heavy (non-hydrogen) atoms. The van der Waals surface area contributed by atoms with E-state index in [-0.39, 0.29) is 22.3 Å². The molecular formula is C24H19ClN2O3. The van der Waals surface area contributed by atoms with Crippen molar-refractivity contribution in [2.45, 2.75) is 6.54 Å². The Hall–Kier alpha value is -3.57. The number of ether oxygens (including phenoxy) is 1. The van der Waals surface area contributed by atoms with E-state index in [4.69, 9.17) is 16.3 Å². The molecule has 0 fully saturated rings. The highest BCUT2D eigenvalue weighted by atomic mass is 35.5. The van der Waals surface area contributed by atoms with Crippen LogP contribution in [0.25, 0.3) is 0 Å². The molecule has 150 valence electrons. The minimum Gasteiger partial charge on any atom is -0.495 e. The molecular weight excluding hydrogens is 400 g/mol. The van der Waals surface area contributed by atoms with Crippen LogP contribution in [-0.4, -0.2) is 18.7 Å². The number of fused-ring (bicyclic) bond motifs is 1. The minimum atomic E-state index is -0.355. The first kappa shape index (κ1) is 19.7. The fourth-order valence-electron chi connectivity index (χ4n) is 3.30. The second kappa shape index (κ2) is 8.43. The largest absolute Gasteiger partial charge is 0.495 e. The fraction of sp³-hybridized carbons (Fsp3) is 0.0833. The van der Waals surface area contributed by atoms with Gasteiger partial charge < -0.3 is 15.4 Å². The number of ketones is 2. The van der Waals surface area contributed by atoms with Gasteiger partial charge >= 0.3 is 0 Å². The topological polar surface area (TPSA) is 67.4 Å². The summed E-state index contributed by atoms with van der Waals surface area (Å²) in [6, 6.07) is 21.9. The van der Waals surface area contributed by atoms with Crippen molar-refractivity contribution in [2.75, 3.05) is 17.7 Å².